The number of benzene rings is 1. The maximum absolute atomic E-state index is 6.29. The van der Waals surface area contributed by atoms with E-state index in [0.29, 0.717) is 23.9 Å². The molecule has 1 aliphatic heterocycles. The average Bonchev–Trinajstić information content (AvgIpc) is 3.38. The number of fused-ring (bicyclic) bond motifs is 5. The Hall–Kier alpha value is -3.41. The zero-order chi connectivity index (χ0) is 20.8. The highest BCUT2D eigenvalue weighted by Crippen LogP contribution is 2.34. The SMILES string of the molecule is COCc1nnc2n1Cc1c(C#Cc3cnc(C)n3C)ncn1-c1ccc(Cl)cc1-2. The van der Waals surface area contributed by atoms with E-state index in [-0.39, 0.29) is 0 Å². The Balaban J connectivity index is 1.69. The largest absolute Gasteiger partial charge is 0.377 e. The minimum Gasteiger partial charge on any atom is -0.377 e. The molecule has 30 heavy (non-hydrogen) atoms. The first-order valence-corrected chi connectivity index (χ1v) is 9.72. The number of aryl methyl sites for hydroxylation is 1. The van der Waals surface area contributed by atoms with Crippen molar-refractivity contribution in [1.82, 2.24) is 33.9 Å². The van der Waals surface area contributed by atoms with Crippen molar-refractivity contribution in [3.63, 3.8) is 0 Å². The maximum atomic E-state index is 6.29. The standard InChI is InChI=1S/C21H18ClN7O/c1-13-23-9-15(27(13)2)5-6-17-19-10-28-20(11-30-3)25-26-21(28)16-8-14(22)4-7-18(16)29(19)12-24-17/h4,7-9,12H,10-11H2,1-3H3. The van der Waals surface area contributed by atoms with Crippen LogP contribution in [0.25, 0.3) is 17.1 Å². The van der Waals surface area contributed by atoms with Gasteiger partial charge in [0, 0.05) is 24.7 Å². The van der Waals surface area contributed by atoms with Gasteiger partial charge in [-0.15, -0.1) is 10.2 Å². The number of nitrogens with zero attached hydrogens (tertiary/aromatic N) is 7. The molecule has 0 amide bonds. The van der Waals surface area contributed by atoms with Gasteiger partial charge in [0.2, 0.25) is 0 Å². The zero-order valence-electron chi connectivity index (χ0n) is 16.7. The molecule has 4 heterocycles. The fourth-order valence-electron chi connectivity index (χ4n) is 3.56. The highest BCUT2D eigenvalue weighted by atomic mass is 35.5. The van der Waals surface area contributed by atoms with Crippen LogP contribution in [0, 0.1) is 18.8 Å². The van der Waals surface area contributed by atoms with Gasteiger partial charge in [-0.3, -0.25) is 4.57 Å². The summed E-state index contributed by atoms with van der Waals surface area (Å²) in [6.07, 6.45) is 3.55. The Morgan fingerprint density at radius 2 is 2.07 bits per heavy atom. The van der Waals surface area contributed by atoms with Crippen LogP contribution < -0.4 is 0 Å². The molecular formula is C21H18ClN7O. The molecule has 0 radical (unpaired) electrons. The third-order valence-electron chi connectivity index (χ3n) is 5.26. The first kappa shape index (κ1) is 18.6. The zero-order valence-corrected chi connectivity index (χ0v) is 17.5. The monoisotopic (exact) mass is 419 g/mol. The van der Waals surface area contributed by atoms with Crippen LogP contribution in [0.4, 0.5) is 0 Å². The van der Waals surface area contributed by atoms with Crippen LogP contribution in [0.5, 0.6) is 0 Å². The first-order chi connectivity index (χ1) is 14.6. The summed E-state index contributed by atoms with van der Waals surface area (Å²) in [5, 5.41) is 9.36. The summed E-state index contributed by atoms with van der Waals surface area (Å²) in [4.78, 5) is 8.89. The van der Waals surface area contributed by atoms with Gasteiger partial charge in [-0.1, -0.05) is 11.6 Å². The summed E-state index contributed by atoms with van der Waals surface area (Å²) in [6, 6.07) is 5.72. The lowest BCUT2D eigenvalue weighted by Gasteiger charge is -2.08. The predicted octanol–water partition coefficient (Wildman–Crippen LogP) is 2.73. The third-order valence-corrected chi connectivity index (χ3v) is 5.50. The van der Waals surface area contributed by atoms with Gasteiger partial charge in [-0.2, -0.15) is 0 Å². The van der Waals surface area contributed by atoms with Crippen LogP contribution >= 0.6 is 11.6 Å². The van der Waals surface area contributed by atoms with Crippen molar-refractivity contribution in [1.29, 1.82) is 0 Å². The molecule has 0 unspecified atom stereocenters. The molecule has 3 aromatic heterocycles. The second-order valence-electron chi connectivity index (χ2n) is 7.03. The molecule has 0 spiro atoms. The van der Waals surface area contributed by atoms with Crippen molar-refractivity contribution in [2.24, 2.45) is 7.05 Å². The van der Waals surface area contributed by atoms with E-state index in [2.05, 4.69) is 32.0 Å². The lowest BCUT2D eigenvalue weighted by atomic mass is 10.1. The van der Waals surface area contributed by atoms with Crippen molar-refractivity contribution in [3.05, 3.63) is 64.5 Å². The number of rotatable bonds is 2. The Morgan fingerprint density at radius 1 is 1.20 bits per heavy atom. The van der Waals surface area contributed by atoms with Gasteiger partial charge in [-0.25, -0.2) is 9.97 Å². The minimum atomic E-state index is 0.354. The van der Waals surface area contributed by atoms with Gasteiger partial charge in [0.1, 0.15) is 30.1 Å². The predicted molar refractivity (Wildman–Crippen MR) is 111 cm³/mol. The van der Waals surface area contributed by atoms with Crippen LogP contribution in [0.15, 0.2) is 30.7 Å². The molecule has 0 aliphatic carbocycles. The summed E-state index contributed by atoms with van der Waals surface area (Å²) in [6.45, 7) is 2.81. The molecule has 150 valence electrons. The number of hydrogen-bond acceptors (Lipinski definition) is 5. The Morgan fingerprint density at radius 3 is 2.83 bits per heavy atom. The van der Waals surface area contributed by atoms with Crippen LogP contribution in [0.1, 0.15) is 28.7 Å². The van der Waals surface area contributed by atoms with Gasteiger partial charge in [0.15, 0.2) is 11.6 Å². The van der Waals surface area contributed by atoms with Crippen molar-refractivity contribution >= 4 is 11.6 Å². The summed E-state index contributed by atoms with van der Waals surface area (Å²) in [5.41, 5.74) is 4.29. The molecule has 0 saturated carbocycles. The van der Waals surface area contributed by atoms with Gasteiger partial charge >= 0.3 is 0 Å². The fourth-order valence-corrected chi connectivity index (χ4v) is 3.73. The third kappa shape index (κ3) is 2.91. The highest BCUT2D eigenvalue weighted by Gasteiger charge is 2.25. The molecule has 1 aromatic carbocycles. The molecule has 0 bridgehead atoms. The lowest BCUT2D eigenvalue weighted by Crippen LogP contribution is -2.09. The number of methoxy groups -OCH3 is 1. The summed E-state index contributed by atoms with van der Waals surface area (Å²) >= 11 is 6.29. The van der Waals surface area contributed by atoms with Crippen molar-refractivity contribution in [2.45, 2.75) is 20.1 Å². The second kappa shape index (κ2) is 7.13. The number of ether oxygens (including phenoxy) is 1. The van der Waals surface area contributed by atoms with E-state index in [0.717, 1.165) is 40.1 Å². The molecule has 0 saturated heterocycles. The summed E-state index contributed by atoms with van der Waals surface area (Å²) in [7, 11) is 3.58. The minimum absolute atomic E-state index is 0.354. The molecule has 5 rings (SSSR count). The second-order valence-corrected chi connectivity index (χ2v) is 7.47. The number of halogens is 1. The first-order valence-electron chi connectivity index (χ1n) is 9.34. The van der Waals surface area contributed by atoms with Crippen molar-refractivity contribution < 1.29 is 4.74 Å². The fraction of sp³-hybridized carbons (Fsp3) is 0.238. The van der Waals surface area contributed by atoms with Gasteiger partial charge in [-0.05, 0) is 37.0 Å². The molecule has 8 nitrogen and oxygen atoms in total. The summed E-state index contributed by atoms with van der Waals surface area (Å²) in [5.74, 6) is 8.78. The van der Waals surface area contributed by atoms with Crippen molar-refractivity contribution in [3.8, 4) is 28.9 Å². The Bertz CT molecular complexity index is 1340. The van der Waals surface area contributed by atoms with Gasteiger partial charge in [0.25, 0.3) is 0 Å². The Kier molecular flexibility index (Phi) is 4.42. The van der Waals surface area contributed by atoms with E-state index in [1.165, 1.54) is 0 Å². The molecule has 0 atom stereocenters. The van der Waals surface area contributed by atoms with E-state index < -0.39 is 0 Å². The maximum Gasteiger partial charge on any atom is 0.166 e. The topological polar surface area (TPSA) is 75.6 Å². The van der Waals surface area contributed by atoms with Crippen LogP contribution in [0.3, 0.4) is 0 Å². The highest BCUT2D eigenvalue weighted by molar-refractivity contribution is 6.31. The number of hydrogen-bond donors (Lipinski definition) is 0. The van der Waals surface area contributed by atoms with E-state index >= 15 is 0 Å². The van der Waals surface area contributed by atoms with Crippen LogP contribution in [-0.2, 0) is 24.9 Å². The van der Waals surface area contributed by atoms with E-state index in [1.807, 2.05) is 45.9 Å². The number of imidazole rings is 2. The van der Waals surface area contributed by atoms with Gasteiger partial charge in [0.05, 0.1) is 24.1 Å². The quantitative estimate of drug-likeness (QED) is 0.411. The molecule has 4 aromatic rings. The molecule has 0 N–H and O–H groups in total. The average molecular weight is 420 g/mol. The van der Waals surface area contributed by atoms with Crippen LogP contribution in [-0.4, -0.2) is 41.0 Å². The van der Waals surface area contributed by atoms with E-state index in [9.17, 15) is 0 Å². The molecular weight excluding hydrogens is 402 g/mol. The molecule has 1 aliphatic rings. The Labute approximate surface area is 178 Å². The van der Waals surface area contributed by atoms with Crippen molar-refractivity contribution in [2.75, 3.05) is 7.11 Å². The summed E-state index contributed by atoms with van der Waals surface area (Å²) < 4.78 is 11.3. The van der Waals surface area contributed by atoms with Crippen LogP contribution in [0.2, 0.25) is 5.02 Å². The van der Waals surface area contributed by atoms with E-state index in [4.69, 9.17) is 16.3 Å². The normalized spacial score (nSPS) is 11.9. The molecule has 9 heteroatoms. The van der Waals surface area contributed by atoms with Gasteiger partial charge < -0.3 is 13.9 Å². The molecule has 0 fully saturated rings. The lowest BCUT2D eigenvalue weighted by molar-refractivity contribution is 0.174. The number of aromatic nitrogens is 7. The smallest absolute Gasteiger partial charge is 0.166 e. The van der Waals surface area contributed by atoms with E-state index in [1.54, 1.807) is 19.6 Å².